The molecule has 0 saturated heterocycles. The molecule has 15 heavy (non-hydrogen) atoms. The molecule has 0 aliphatic heterocycles. The number of aromatic nitrogens is 1. The van der Waals surface area contributed by atoms with Crippen LogP contribution in [0.15, 0.2) is 48.8 Å². The van der Waals surface area contributed by atoms with E-state index in [0.29, 0.717) is 0 Å². The molecular weight excluding hydrogens is 189 g/mol. The average Bonchev–Trinajstić information content (AvgIpc) is 2.30. The fourth-order valence-electron chi connectivity index (χ4n) is 1.11. The maximum absolute atomic E-state index is 12.6. The van der Waals surface area contributed by atoms with Gasteiger partial charge in [0.15, 0.2) is 0 Å². The Bertz CT molecular complexity index is 492. The van der Waals surface area contributed by atoms with Crippen LogP contribution in [0.5, 0.6) is 0 Å². The molecule has 0 aliphatic carbocycles. The molecule has 2 rings (SSSR count). The van der Waals surface area contributed by atoms with E-state index in [1.807, 2.05) is 12.1 Å². The molecule has 0 bridgehead atoms. The van der Waals surface area contributed by atoms with Crippen molar-refractivity contribution in [2.75, 3.05) is 0 Å². The first-order chi connectivity index (χ1) is 7.34. The molecule has 2 aromatic rings. The van der Waals surface area contributed by atoms with Gasteiger partial charge in [0.25, 0.3) is 0 Å². The molecule has 0 unspecified atom stereocenters. The van der Waals surface area contributed by atoms with Gasteiger partial charge >= 0.3 is 0 Å². The van der Waals surface area contributed by atoms with Crippen molar-refractivity contribution in [2.24, 2.45) is 0 Å². The summed E-state index contributed by atoms with van der Waals surface area (Å²) in [6.45, 7) is 0. The largest absolute Gasteiger partial charge is 0.265 e. The van der Waals surface area contributed by atoms with Crippen molar-refractivity contribution in [1.29, 1.82) is 0 Å². The van der Waals surface area contributed by atoms with Crippen molar-refractivity contribution in [1.82, 2.24) is 4.98 Å². The van der Waals surface area contributed by atoms with Gasteiger partial charge in [-0.3, -0.25) is 4.98 Å². The highest BCUT2D eigenvalue weighted by atomic mass is 19.1. The van der Waals surface area contributed by atoms with Crippen LogP contribution in [0.3, 0.4) is 0 Å². The third kappa shape index (κ3) is 2.65. The smallest absolute Gasteiger partial charge is 0.123 e. The Morgan fingerprint density at radius 2 is 1.33 bits per heavy atom. The summed E-state index contributed by atoms with van der Waals surface area (Å²) < 4.78 is 12.6. The summed E-state index contributed by atoms with van der Waals surface area (Å²) in [5.74, 6) is 5.67. The number of rotatable bonds is 0. The second-order valence-corrected chi connectivity index (χ2v) is 2.99. The van der Waals surface area contributed by atoms with E-state index in [2.05, 4.69) is 16.8 Å². The van der Waals surface area contributed by atoms with Crippen LogP contribution in [0.2, 0.25) is 0 Å². The Morgan fingerprint density at radius 3 is 1.93 bits per heavy atom. The fourth-order valence-corrected chi connectivity index (χ4v) is 1.11. The van der Waals surface area contributed by atoms with E-state index < -0.39 is 0 Å². The number of hydrogen-bond acceptors (Lipinski definition) is 1. The molecule has 0 spiro atoms. The van der Waals surface area contributed by atoms with E-state index in [-0.39, 0.29) is 5.82 Å². The third-order valence-electron chi connectivity index (χ3n) is 1.88. The minimum atomic E-state index is -0.246. The number of benzene rings is 1. The highest BCUT2D eigenvalue weighted by Gasteiger charge is 1.88. The molecule has 0 saturated carbocycles. The van der Waals surface area contributed by atoms with Gasteiger partial charge < -0.3 is 0 Å². The lowest BCUT2D eigenvalue weighted by Gasteiger charge is -1.89. The van der Waals surface area contributed by atoms with Gasteiger partial charge in [-0.25, -0.2) is 4.39 Å². The molecule has 0 aliphatic rings. The van der Waals surface area contributed by atoms with E-state index in [9.17, 15) is 4.39 Å². The number of halogens is 1. The predicted molar refractivity (Wildman–Crippen MR) is 56.6 cm³/mol. The molecule has 0 radical (unpaired) electrons. The van der Waals surface area contributed by atoms with E-state index in [4.69, 9.17) is 0 Å². The molecule has 0 N–H and O–H groups in total. The van der Waals surface area contributed by atoms with E-state index in [1.54, 1.807) is 24.5 Å². The molecule has 1 aromatic heterocycles. The minimum Gasteiger partial charge on any atom is -0.265 e. The summed E-state index contributed by atoms with van der Waals surface area (Å²) in [5.41, 5.74) is 1.70. The number of nitrogens with zero attached hydrogens (tertiary/aromatic N) is 1. The van der Waals surface area contributed by atoms with Crippen molar-refractivity contribution in [3.63, 3.8) is 0 Å². The van der Waals surface area contributed by atoms with Gasteiger partial charge in [0.2, 0.25) is 0 Å². The highest BCUT2D eigenvalue weighted by Crippen LogP contribution is 2.01. The van der Waals surface area contributed by atoms with Crippen molar-refractivity contribution in [3.8, 4) is 11.8 Å². The zero-order chi connectivity index (χ0) is 10.5. The maximum atomic E-state index is 12.6. The first-order valence-corrected chi connectivity index (χ1v) is 4.52. The van der Waals surface area contributed by atoms with E-state index >= 15 is 0 Å². The van der Waals surface area contributed by atoms with Gasteiger partial charge in [-0.15, -0.1) is 0 Å². The molecule has 1 aromatic carbocycles. The SMILES string of the molecule is Fc1ccc(C#Cc2ccncc2)cc1. The molecule has 0 fully saturated rings. The van der Waals surface area contributed by atoms with Crippen molar-refractivity contribution in [3.05, 3.63) is 65.7 Å². The number of pyridine rings is 1. The molecule has 1 heterocycles. The van der Waals surface area contributed by atoms with Crippen LogP contribution >= 0.6 is 0 Å². The van der Waals surface area contributed by atoms with Crippen molar-refractivity contribution < 1.29 is 4.39 Å². The van der Waals surface area contributed by atoms with Gasteiger partial charge in [-0.2, -0.15) is 0 Å². The van der Waals surface area contributed by atoms with Crippen LogP contribution < -0.4 is 0 Å². The van der Waals surface area contributed by atoms with Crippen LogP contribution in [0.25, 0.3) is 0 Å². The Balaban J connectivity index is 2.22. The van der Waals surface area contributed by atoms with Gasteiger partial charge in [0.1, 0.15) is 5.82 Å². The molecule has 0 amide bonds. The van der Waals surface area contributed by atoms with E-state index in [0.717, 1.165) is 11.1 Å². The Morgan fingerprint density at radius 1 is 0.800 bits per heavy atom. The standard InChI is InChI=1S/C13H8FN/c14-13-5-3-11(4-6-13)1-2-12-7-9-15-10-8-12/h3-10H. The average molecular weight is 197 g/mol. The lowest BCUT2D eigenvalue weighted by molar-refractivity contribution is 0.627. The zero-order valence-corrected chi connectivity index (χ0v) is 7.94. The van der Waals surface area contributed by atoms with Gasteiger partial charge in [0, 0.05) is 23.5 Å². The molecule has 1 nitrogen and oxygen atoms in total. The van der Waals surface area contributed by atoms with Gasteiger partial charge in [-0.1, -0.05) is 11.8 Å². The Kier molecular flexibility index (Phi) is 2.75. The molecular formula is C13H8FN. The zero-order valence-electron chi connectivity index (χ0n) is 7.94. The normalized spacial score (nSPS) is 9.13. The Labute approximate surface area is 87.6 Å². The topological polar surface area (TPSA) is 12.9 Å². The van der Waals surface area contributed by atoms with E-state index in [1.165, 1.54) is 12.1 Å². The quantitative estimate of drug-likeness (QED) is 0.591. The minimum absolute atomic E-state index is 0.246. The monoisotopic (exact) mass is 197 g/mol. The van der Waals surface area contributed by atoms with Crippen molar-refractivity contribution in [2.45, 2.75) is 0 Å². The summed E-state index contributed by atoms with van der Waals surface area (Å²) in [5, 5.41) is 0. The highest BCUT2D eigenvalue weighted by molar-refractivity contribution is 5.41. The maximum Gasteiger partial charge on any atom is 0.123 e. The summed E-state index contributed by atoms with van der Waals surface area (Å²) in [4.78, 5) is 3.89. The Hall–Kier alpha value is -2.14. The summed E-state index contributed by atoms with van der Waals surface area (Å²) in [6, 6.07) is 9.77. The second-order valence-electron chi connectivity index (χ2n) is 2.99. The van der Waals surface area contributed by atoms with Crippen LogP contribution in [-0.4, -0.2) is 4.98 Å². The molecule has 0 atom stereocenters. The molecule has 2 heteroatoms. The van der Waals surface area contributed by atoms with Gasteiger partial charge in [-0.05, 0) is 36.4 Å². The molecule has 72 valence electrons. The van der Waals surface area contributed by atoms with Crippen LogP contribution in [0.4, 0.5) is 4.39 Å². The fraction of sp³-hybridized carbons (Fsp3) is 0. The van der Waals surface area contributed by atoms with Crippen LogP contribution in [-0.2, 0) is 0 Å². The first-order valence-electron chi connectivity index (χ1n) is 4.52. The second kappa shape index (κ2) is 4.39. The summed E-state index contributed by atoms with van der Waals surface area (Å²) >= 11 is 0. The third-order valence-corrected chi connectivity index (χ3v) is 1.88. The lowest BCUT2D eigenvalue weighted by atomic mass is 10.2. The number of hydrogen-bond donors (Lipinski definition) is 0. The van der Waals surface area contributed by atoms with Crippen LogP contribution in [0, 0.1) is 17.7 Å². The summed E-state index contributed by atoms with van der Waals surface area (Å²) in [7, 11) is 0. The van der Waals surface area contributed by atoms with Gasteiger partial charge in [0.05, 0.1) is 0 Å². The first kappa shape index (κ1) is 9.42. The van der Waals surface area contributed by atoms with Crippen molar-refractivity contribution >= 4 is 0 Å². The van der Waals surface area contributed by atoms with Crippen LogP contribution in [0.1, 0.15) is 11.1 Å². The summed E-state index contributed by atoms with van der Waals surface area (Å²) in [6.07, 6.45) is 3.38. The predicted octanol–water partition coefficient (Wildman–Crippen LogP) is 2.62. The lowest BCUT2D eigenvalue weighted by Crippen LogP contribution is -1.77.